The monoisotopic (exact) mass is 261 g/mol. The van der Waals surface area contributed by atoms with Crippen LogP contribution in [0, 0.1) is 5.41 Å². The Morgan fingerprint density at radius 1 is 1.26 bits per heavy atom. The zero-order chi connectivity index (χ0) is 14.0. The number of imidazole rings is 1. The highest BCUT2D eigenvalue weighted by Crippen LogP contribution is 2.21. The standard InChI is InChI=1S/C12H19N7/c1-8(12(2,3)4)15-10-16-9(13)17-11(18-10)19-6-5-14-7-19/h5-8H,1-4H3,(H3,13,15,16,17,18). The van der Waals surface area contributed by atoms with E-state index in [9.17, 15) is 0 Å². The molecule has 2 aromatic heterocycles. The van der Waals surface area contributed by atoms with Crippen molar-refractivity contribution in [2.24, 2.45) is 5.41 Å². The van der Waals surface area contributed by atoms with Crippen molar-refractivity contribution in [3.63, 3.8) is 0 Å². The van der Waals surface area contributed by atoms with Gasteiger partial charge < -0.3 is 11.1 Å². The van der Waals surface area contributed by atoms with Gasteiger partial charge in [0.05, 0.1) is 0 Å². The smallest absolute Gasteiger partial charge is 0.241 e. The summed E-state index contributed by atoms with van der Waals surface area (Å²) in [5, 5.41) is 3.25. The molecule has 1 unspecified atom stereocenters. The highest BCUT2D eigenvalue weighted by Gasteiger charge is 2.21. The van der Waals surface area contributed by atoms with Gasteiger partial charge in [-0.25, -0.2) is 4.98 Å². The first-order valence-electron chi connectivity index (χ1n) is 6.12. The molecule has 0 spiro atoms. The molecule has 0 aliphatic heterocycles. The third-order valence-electron chi connectivity index (χ3n) is 3.02. The minimum absolute atomic E-state index is 0.0938. The normalized spacial score (nSPS) is 13.3. The first kappa shape index (κ1) is 13.3. The number of aromatic nitrogens is 5. The van der Waals surface area contributed by atoms with Crippen molar-refractivity contribution < 1.29 is 0 Å². The van der Waals surface area contributed by atoms with Crippen molar-refractivity contribution in [1.29, 1.82) is 0 Å². The summed E-state index contributed by atoms with van der Waals surface area (Å²) in [5.74, 6) is 1.11. The van der Waals surface area contributed by atoms with E-state index in [2.05, 4.69) is 52.9 Å². The van der Waals surface area contributed by atoms with E-state index in [-0.39, 0.29) is 17.4 Å². The van der Waals surface area contributed by atoms with Gasteiger partial charge in [0.1, 0.15) is 6.33 Å². The Hall–Kier alpha value is -2.18. The van der Waals surface area contributed by atoms with Crippen molar-refractivity contribution in [3.05, 3.63) is 18.7 Å². The van der Waals surface area contributed by atoms with E-state index in [1.807, 2.05) is 0 Å². The van der Waals surface area contributed by atoms with Crippen molar-refractivity contribution in [2.75, 3.05) is 11.1 Å². The Kier molecular flexibility index (Phi) is 3.37. The van der Waals surface area contributed by atoms with Gasteiger partial charge in [-0.2, -0.15) is 15.0 Å². The SMILES string of the molecule is CC(Nc1nc(N)nc(-n2ccnc2)n1)C(C)(C)C. The number of nitrogen functional groups attached to an aromatic ring is 1. The number of hydrogen-bond donors (Lipinski definition) is 2. The van der Waals surface area contributed by atoms with E-state index in [1.165, 1.54) is 0 Å². The molecule has 7 nitrogen and oxygen atoms in total. The maximum atomic E-state index is 5.71. The molecule has 102 valence electrons. The van der Waals surface area contributed by atoms with Crippen LogP contribution in [0.5, 0.6) is 0 Å². The van der Waals surface area contributed by atoms with Crippen LogP contribution in [0.15, 0.2) is 18.7 Å². The summed E-state index contributed by atoms with van der Waals surface area (Å²) in [6.45, 7) is 8.51. The Balaban J connectivity index is 2.28. The van der Waals surface area contributed by atoms with E-state index in [0.717, 1.165) is 0 Å². The largest absolute Gasteiger partial charge is 0.368 e. The van der Waals surface area contributed by atoms with Gasteiger partial charge in [-0.3, -0.25) is 4.57 Å². The van der Waals surface area contributed by atoms with Gasteiger partial charge in [-0.1, -0.05) is 20.8 Å². The van der Waals surface area contributed by atoms with Crippen LogP contribution < -0.4 is 11.1 Å². The molecule has 2 aromatic rings. The van der Waals surface area contributed by atoms with E-state index < -0.39 is 0 Å². The van der Waals surface area contributed by atoms with Crippen LogP contribution in [0.3, 0.4) is 0 Å². The topological polar surface area (TPSA) is 94.5 Å². The molecule has 0 bridgehead atoms. The zero-order valence-corrected chi connectivity index (χ0v) is 11.6. The average molecular weight is 261 g/mol. The van der Waals surface area contributed by atoms with Gasteiger partial charge in [0.2, 0.25) is 17.8 Å². The molecule has 0 aromatic carbocycles. The Bertz CT molecular complexity index is 542. The van der Waals surface area contributed by atoms with E-state index in [1.54, 1.807) is 23.3 Å². The molecule has 1 atom stereocenters. The van der Waals surface area contributed by atoms with Crippen molar-refractivity contribution in [3.8, 4) is 5.95 Å². The van der Waals surface area contributed by atoms with Crippen molar-refractivity contribution in [1.82, 2.24) is 24.5 Å². The second kappa shape index (κ2) is 4.83. The molecule has 3 N–H and O–H groups in total. The van der Waals surface area contributed by atoms with Crippen molar-refractivity contribution >= 4 is 11.9 Å². The minimum Gasteiger partial charge on any atom is -0.368 e. The summed E-state index contributed by atoms with van der Waals surface area (Å²) in [6.07, 6.45) is 5.03. The number of rotatable bonds is 3. The van der Waals surface area contributed by atoms with Crippen LogP contribution in [0.1, 0.15) is 27.7 Å². The lowest BCUT2D eigenvalue weighted by Gasteiger charge is -2.28. The van der Waals surface area contributed by atoms with E-state index in [0.29, 0.717) is 11.9 Å². The van der Waals surface area contributed by atoms with Crippen LogP contribution >= 0.6 is 0 Å². The first-order valence-corrected chi connectivity index (χ1v) is 6.12. The van der Waals surface area contributed by atoms with Gasteiger partial charge in [0.15, 0.2) is 0 Å². The number of nitrogens with two attached hydrogens (primary N) is 1. The minimum atomic E-state index is 0.0938. The molecule has 7 heteroatoms. The molecule has 0 aliphatic rings. The lowest BCUT2D eigenvalue weighted by Crippen LogP contribution is -2.31. The second-order valence-electron chi connectivity index (χ2n) is 5.52. The van der Waals surface area contributed by atoms with Crippen LogP contribution in [0.4, 0.5) is 11.9 Å². The first-order chi connectivity index (χ1) is 8.86. The highest BCUT2D eigenvalue weighted by molar-refractivity contribution is 5.36. The fourth-order valence-electron chi connectivity index (χ4n) is 1.35. The van der Waals surface area contributed by atoms with Crippen LogP contribution in [-0.2, 0) is 0 Å². The quantitative estimate of drug-likeness (QED) is 0.869. The fourth-order valence-corrected chi connectivity index (χ4v) is 1.35. The highest BCUT2D eigenvalue weighted by atomic mass is 15.3. The molecule has 0 saturated heterocycles. The van der Waals surface area contributed by atoms with Crippen molar-refractivity contribution in [2.45, 2.75) is 33.7 Å². The molecule has 0 amide bonds. The lowest BCUT2D eigenvalue weighted by atomic mass is 9.88. The predicted molar refractivity (Wildman–Crippen MR) is 73.9 cm³/mol. The average Bonchev–Trinajstić information content (AvgIpc) is 2.80. The molecule has 19 heavy (non-hydrogen) atoms. The maximum absolute atomic E-state index is 5.71. The summed E-state index contributed by atoms with van der Waals surface area (Å²) < 4.78 is 1.69. The second-order valence-corrected chi connectivity index (χ2v) is 5.52. The molecule has 2 heterocycles. The number of hydrogen-bond acceptors (Lipinski definition) is 6. The molecule has 2 rings (SSSR count). The van der Waals surface area contributed by atoms with E-state index in [4.69, 9.17) is 5.73 Å². The molecule has 0 aliphatic carbocycles. The van der Waals surface area contributed by atoms with Gasteiger partial charge in [0, 0.05) is 18.4 Å². The maximum Gasteiger partial charge on any atom is 0.241 e. The molecule has 0 radical (unpaired) electrons. The number of nitrogens with zero attached hydrogens (tertiary/aromatic N) is 5. The number of nitrogens with one attached hydrogen (secondary N) is 1. The van der Waals surface area contributed by atoms with Crippen LogP contribution in [-0.4, -0.2) is 30.5 Å². The van der Waals surface area contributed by atoms with E-state index >= 15 is 0 Å². The van der Waals surface area contributed by atoms with Crippen LogP contribution in [0.25, 0.3) is 5.95 Å². The molecule has 0 fully saturated rings. The van der Waals surface area contributed by atoms with Gasteiger partial charge in [0.25, 0.3) is 0 Å². The summed E-state index contributed by atoms with van der Waals surface area (Å²) in [7, 11) is 0. The summed E-state index contributed by atoms with van der Waals surface area (Å²) >= 11 is 0. The zero-order valence-electron chi connectivity index (χ0n) is 11.6. The molecule has 0 saturated carbocycles. The summed E-state index contributed by atoms with van der Waals surface area (Å²) in [5.41, 5.74) is 5.81. The lowest BCUT2D eigenvalue weighted by molar-refractivity contribution is 0.358. The Morgan fingerprint density at radius 3 is 2.58 bits per heavy atom. The Morgan fingerprint density at radius 2 is 2.00 bits per heavy atom. The third-order valence-corrected chi connectivity index (χ3v) is 3.02. The summed E-state index contributed by atoms with van der Waals surface area (Å²) in [4.78, 5) is 16.5. The van der Waals surface area contributed by atoms with Gasteiger partial charge >= 0.3 is 0 Å². The molecular formula is C12H19N7. The van der Waals surface area contributed by atoms with Gasteiger partial charge in [-0.05, 0) is 12.3 Å². The van der Waals surface area contributed by atoms with Crippen LogP contribution in [0.2, 0.25) is 0 Å². The predicted octanol–water partition coefficient (Wildman–Crippen LogP) is 1.49. The third kappa shape index (κ3) is 3.18. The fraction of sp³-hybridized carbons (Fsp3) is 0.500. The summed E-state index contributed by atoms with van der Waals surface area (Å²) in [6, 6.07) is 0.199. The molecular weight excluding hydrogens is 242 g/mol. The number of anilines is 2. The Labute approximate surface area is 112 Å². The van der Waals surface area contributed by atoms with Gasteiger partial charge in [-0.15, -0.1) is 0 Å².